The maximum atomic E-state index is 4.74. The monoisotopic (exact) mass is 362 g/mol. The van der Waals surface area contributed by atoms with E-state index < -0.39 is 0 Å². The van der Waals surface area contributed by atoms with E-state index >= 15 is 0 Å². The van der Waals surface area contributed by atoms with Crippen molar-refractivity contribution >= 4 is 23.3 Å². The van der Waals surface area contributed by atoms with Gasteiger partial charge in [0.25, 0.3) is 0 Å². The van der Waals surface area contributed by atoms with E-state index in [1.165, 1.54) is 38.9 Å². The molecule has 0 unspecified atom stereocenters. The zero-order valence-corrected chi connectivity index (χ0v) is 16.2. The van der Waals surface area contributed by atoms with Crippen molar-refractivity contribution in [1.29, 1.82) is 0 Å². The Morgan fingerprint density at radius 3 is 2.23 bits per heavy atom. The Balaban J connectivity index is 0.00000196. The van der Waals surface area contributed by atoms with Crippen LogP contribution < -0.4 is 0 Å². The van der Waals surface area contributed by atoms with Crippen LogP contribution in [0.2, 0.25) is 0 Å². The van der Waals surface area contributed by atoms with E-state index in [0.717, 1.165) is 12.2 Å². The average molecular weight is 363 g/mol. The van der Waals surface area contributed by atoms with Gasteiger partial charge in [-0.05, 0) is 38.0 Å². The molecule has 0 aliphatic carbocycles. The summed E-state index contributed by atoms with van der Waals surface area (Å²) in [7, 11) is 0. The first kappa shape index (κ1) is 18.2. The number of fused-ring (bicyclic) bond motifs is 1. The SMILES string of the molecule is Cc1ccc(-c2nccc3c(C)c(C)n(Cc4ccccc4)c23)cc1.Cl. The van der Waals surface area contributed by atoms with Crippen molar-refractivity contribution < 1.29 is 0 Å². The quantitative estimate of drug-likeness (QED) is 0.430. The minimum absolute atomic E-state index is 0. The van der Waals surface area contributed by atoms with Gasteiger partial charge in [-0.15, -0.1) is 12.4 Å². The molecule has 132 valence electrons. The third kappa shape index (κ3) is 3.13. The highest BCUT2D eigenvalue weighted by Crippen LogP contribution is 2.33. The number of hydrogen-bond donors (Lipinski definition) is 0. The van der Waals surface area contributed by atoms with Crippen LogP contribution in [-0.4, -0.2) is 9.55 Å². The zero-order valence-electron chi connectivity index (χ0n) is 15.4. The number of nitrogens with zero attached hydrogens (tertiary/aromatic N) is 2. The van der Waals surface area contributed by atoms with Crippen molar-refractivity contribution in [1.82, 2.24) is 9.55 Å². The molecule has 0 saturated carbocycles. The number of aromatic nitrogens is 2. The number of benzene rings is 2. The van der Waals surface area contributed by atoms with Gasteiger partial charge in [-0.1, -0.05) is 60.2 Å². The summed E-state index contributed by atoms with van der Waals surface area (Å²) < 4.78 is 2.40. The molecule has 0 atom stereocenters. The van der Waals surface area contributed by atoms with Crippen molar-refractivity contribution in [3.63, 3.8) is 0 Å². The third-order valence-corrected chi connectivity index (χ3v) is 5.05. The predicted molar refractivity (Wildman–Crippen MR) is 112 cm³/mol. The Labute approximate surface area is 160 Å². The van der Waals surface area contributed by atoms with Gasteiger partial charge in [0.2, 0.25) is 0 Å². The van der Waals surface area contributed by atoms with Crippen LogP contribution in [0.4, 0.5) is 0 Å². The van der Waals surface area contributed by atoms with Crippen LogP contribution in [0.15, 0.2) is 66.9 Å². The highest BCUT2D eigenvalue weighted by atomic mass is 35.5. The number of rotatable bonds is 3. The van der Waals surface area contributed by atoms with Crippen molar-refractivity contribution in [2.45, 2.75) is 27.3 Å². The van der Waals surface area contributed by atoms with Gasteiger partial charge in [-0.2, -0.15) is 0 Å². The Morgan fingerprint density at radius 1 is 0.846 bits per heavy atom. The van der Waals surface area contributed by atoms with E-state index in [-0.39, 0.29) is 12.4 Å². The number of aryl methyl sites for hydroxylation is 2. The minimum atomic E-state index is 0. The molecule has 2 aromatic heterocycles. The number of hydrogen-bond acceptors (Lipinski definition) is 1. The average Bonchev–Trinajstić information content (AvgIpc) is 2.88. The van der Waals surface area contributed by atoms with E-state index in [9.17, 15) is 0 Å². The lowest BCUT2D eigenvalue weighted by molar-refractivity contribution is 0.800. The van der Waals surface area contributed by atoms with Crippen molar-refractivity contribution in [2.75, 3.05) is 0 Å². The molecule has 0 N–H and O–H groups in total. The number of halogens is 1. The molecular formula is C23H23ClN2. The fraction of sp³-hybridized carbons (Fsp3) is 0.174. The molecule has 0 saturated heterocycles. The third-order valence-electron chi connectivity index (χ3n) is 5.05. The summed E-state index contributed by atoms with van der Waals surface area (Å²) in [6.45, 7) is 7.39. The molecule has 0 aliphatic heterocycles. The Bertz CT molecular complexity index is 1030. The lowest BCUT2D eigenvalue weighted by atomic mass is 10.1. The second-order valence-corrected chi connectivity index (χ2v) is 6.70. The van der Waals surface area contributed by atoms with Gasteiger partial charge in [0.15, 0.2) is 0 Å². The summed E-state index contributed by atoms with van der Waals surface area (Å²) in [6, 6.07) is 21.4. The molecule has 26 heavy (non-hydrogen) atoms. The molecule has 2 aromatic carbocycles. The first-order valence-corrected chi connectivity index (χ1v) is 8.70. The number of pyridine rings is 1. The summed E-state index contributed by atoms with van der Waals surface area (Å²) in [6.07, 6.45) is 1.93. The molecular weight excluding hydrogens is 340 g/mol. The lowest BCUT2D eigenvalue weighted by Crippen LogP contribution is -2.03. The van der Waals surface area contributed by atoms with Gasteiger partial charge >= 0.3 is 0 Å². The second kappa shape index (κ2) is 7.35. The van der Waals surface area contributed by atoms with Crippen LogP contribution in [0.1, 0.15) is 22.4 Å². The maximum absolute atomic E-state index is 4.74. The van der Waals surface area contributed by atoms with E-state index in [4.69, 9.17) is 4.98 Å². The smallest absolute Gasteiger partial charge is 0.0945 e. The van der Waals surface area contributed by atoms with E-state index in [0.29, 0.717) is 0 Å². The van der Waals surface area contributed by atoms with Gasteiger partial charge < -0.3 is 4.57 Å². The molecule has 0 amide bonds. The van der Waals surface area contributed by atoms with Gasteiger partial charge in [-0.25, -0.2) is 0 Å². The Kier molecular flexibility index (Phi) is 5.15. The molecule has 0 bridgehead atoms. The van der Waals surface area contributed by atoms with E-state index in [1.807, 2.05) is 6.20 Å². The largest absolute Gasteiger partial charge is 0.338 e. The summed E-state index contributed by atoms with van der Waals surface area (Å²) in [5.41, 5.74) is 8.67. The molecule has 0 radical (unpaired) electrons. The minimum Gasteiger partial charge on any atom is -0.338 e. The molecule has 4 rings (SSSR count). The highest BCUT2D eigenvalue weighted by molar-refractivity contribution is 5.95. The molecule has 3 heteroatoms. The van der Waals surface area contributed by atoms with Crippen molar-refractivity contribution in [3.05, 3.63) is 89.2 Å². The van der Waals surface area contributed by atoms with Crippen LogP contribution in [0.5, 0.6) is 0 Å². The van der Waals surface area contributed by atoms with Gasteiger partial charge in [0.1, 0.15) is 0 Å². The maximum Gasteiger partial charge on any atom is 0.0945 e. The molecule has 2 heterocycles. The van der Waals surface area contributed by atoms with Crippen LogP contribution in [-0.2, 0) is 6.54 Å². The van der Waals surface area contributed by atoms with Gasteiger partial charge in [0.05, 0.1) is 11.2 Å². The topological polar surface area (TPSA) is 17.8 Å². The molecule has 2 nitrogen and oxygen atoms in total. The van der Waals surface area contributed by atoms with Crippen molar-refractivity contribution in [2.24, 2.45) is 0 Å². The highest BCUT2D eigenvalue weighted by Gasteiger charge is 2.16. The standard InChI is InChI=1S/C23H22N2.ClH/c1-16-9-11-20(12-10-16)22-23-21(13-14-24-22)17(2)18(3)25(23)15-19-7-5-4-6-8-19;/h4-14H,15H2,1-3H3;1H. The molecule has 0 aliphatic rings. The summed E-state index contributed by atoms with van der Waals surface area (Å²) >= 11 is 0. The second-order valence-electron chi connectivity index (χ2n) is 6.70. The van der Waals surface area contributed by atoms with Crippen molar-refractivity contribution in [3.8, 4) is 11.3 Å². The summed E-state index contributed by atoms with van der Waals surface area (Å²) in [5, 5.41) is 1.29. The van der Waals surface area contributed by atoms with Crippen LogP contribution in [0, 0.1) is 20.8 Å². The lowest BCUT2D eigenvalue weighted by Gasteiger charge is -2.12. The predicted octanol–water partition coefficient (Wildman–Crippen LogP) is 6.10. The Hall–Kier alpha value is -2.58. The van der Waals surface area contributed by atoms with Crippen LogP contribution in [0.3, 0.4) is 0 Å². The first-order chi connectivity index (χ1) is 12.1. The fourth-order valence-electron chi connectivity index (χ4n) is 3.48. The van der Waals surface area contributed by atoms with Crippen LogP contribution in [0.25, 0.3) is 22.2 Å². The van der Waals surface area contributed by atoms with E-state index in [2.05, 4.69) is 86.0 Å². The fourth-order valence-corrected chi connectivity index (χ4v) is 3.48. The van der Waals surface area contributed by atoms with E-state index in [1.54, 1.807) is 0 Å². The van der Waals surface area contributed by atoms with Gasteiger partial charge in [0, 0.05) is 29.4 Å². The zero-order chi connectivity index (χ0) is 17.4. The molecule has 4 aromatic rings. The molecule has 0 fully saturated rings. The first-order valence-electron chi connectivity index (χ1n) is 8.70. The van der Waals surface area contributed by atoms with Gasteiger partial charge in [-0.3, -0.25) is 4.98 Å². The molecule has 0 spiro atoms. The normalized spacial score (nSPS) is 10.7. The van der Waals surface area contributed by atoms with Crippen LogP contribution >= 0.6 is 12.4 Å². The summed E-state index contributed by atoms with van der Waals surface area (Å²) in [5.74, 6) is 0. The Morgan fingerprint density at radius 2 is 1.54 bits per heavy atom. The summed E-state index contributed by atoms with van der Waals surface area (Å²) in [4.78, 5) is 4.74.